The Hall–Kier alpha value is -3.17. The highest BCUT2D eigenvalue weighted by Crippen LogP contribution is 2.47. The van der Waals surface area contributed by atoms with Crippen molar-refractivity contribution in [2.75, 3.05) is 13.7 Å². The number of halogens is 6. The van der Waals surface area contributed by atoms with Gasteiger partial charge in [0.15, 0.2) is 0 Å². The van der Waals surface area contributed by atoms with Crippen LogP contribution in [0.5, 0.6) is 5.75 Å². The molecule has 2 aromatic carbocycles. The van der Waals surface area contributed by atoms with E-state index in [4.69, 9.17) is 9.47 Å². The van der Waals surface area contributed by atoms with Gasteiger partial charge in [-0.3, -0.25) is 4.90 Å². The summed E-state index contributed by atoms with van der Waals surface area (Å²) in [5, 5.41) is 0. The molecule has 4 rings (SSSR count). The summed E-state index contributed by atoms with van der Waals surface area (Å²) < 4.78 is 92.1. The number of alkyl halides is 6. The number of methoxy groups -OCH3 is 1. The van der Waals surface area contributed by atoms with E-state index in [9.17, 15) is 31.1 Å². The van der Waals surface area contributed by atoms with Crippen molar-refractivity contribution in [2.45, 2.75) is 84.3 Å². The van der Waals surface area contributed by atoms with Crippen molar-refractivity contribution in [2.24, 2.45) is 5.41 Å². The van der Waals surface area contributed by atoms with E-state index in [1.54, 1.807) is 14.0 Å². The van der Waals surface area contributed by atoms with Crippen LogP contribution in [0.15, 0.2) is 42.0 Å². The minimum absolute atomic E-state index is 0.0720. The Labute approximate surface area is 236 Å². The van der Waals surface area contributed by atoms with Gasteiger partial charge in [0.25, 0.3) is 0 Å². The predicted molar refractivity (Wildman–Crippen MR) is 143 cm³/mol. The first-order valence-corrected chi connectivity index (χ1v) is 13.6. The van der Waals surface area contributed by atoms with Gasteiger partial charge in [0.2, 0.25) is 0 Å². The van der Waals surface area contributed by atoms with Crippen molar-refractivity contribution in [1.82, 2.24) is 4.90 Å². The molecule has 224 valence electrons. The number of rotatable bonds is 6. The molecule has 0 N–H and O–H groups in total. The molecule has 0 spiro atoms. The topological polar surface area (TPSA) is 38.8 Å². The maximum absolute atomic E-state index is 13.5. The zero-order valence-corrected chi connectivity index (χ0v) is 24.0. The van der Waals surface area contributed by atoms with Crippen molar-refractivity contribution < 1.29 is 40.6 Å². The number of amides is 1. The first kappa shape index (κ1) is 30.8. The number of ether oxygens (including phenoxy) is 2. The second-order valence-electron chi connectivity index (χ2n) is 12.0. The third-order valence-electron chi connectivity index (χ3n) is 8.08. The van der Waals surface area contributed by atoms with E-state index < -0.39 is 41.7 Å². The molecule has 1 aliphatic carbocycles. The van der Waals surface area contributed by atoms with Crippen molar-refractivity contribution in [1.29, 1.82) is 0 Å². The molecule has 1 aliphatic heterocycles. The fourth-order valence-corrected chi connectivity index (χ4v) is 5.72. The third-order valence-corrected chi connectivity index (χ3v) is 8.08. The molecule has 1 saturated heterocycles. The predicted octanol–water partition coefficient (Wildman–Crippen LogP) is 9.40. The van der Waals surface area contributed by atoms with Gasteiger partial charge < -0.3 is 9.47 Å². The summed E-state index contributed by atoms with van der Waals surface area (Å²) in [5.74, 6) is 0.965. The molecule has 0 bridgehead atoms. The molecule has 0 aromatic heterocycles. The van der Waals surface area contributed by atoms with E-state index in [-0.39, 0.29) is 29.5 Å². The van der Waals surface area contributed by atoms with Gasteiger partial charge in [-0.15, -0.1) is 0 Å². The van der Waals surface area contributed by atoms with Crippen molar-refractivity contribution >= 4 is 11.7 Å². The summed E-state index contributed by atoms with van der Waals surface area (Å²) >= 11 is 0. The lowest BCUT2D eigenvalue weighted by Crippen LogP contribution is -2.35. The molecule has 41 heavy (non-hydrogen) atoms. The molecule has 2 atom stereocenters. The summed E-state index contributed by atoms with van der Waals surface area (Å²) in [7, 11) is 1.59. The fraction of sp³-hybridized carbons (Fsp3) is 0.516. The van der Waals surface area contributed by atoms with Crippen LogP contribution in [0.1, 0.15) is 93.7 Å². The van der Waals surface area contributed by atoms with Gasteiger partial charge in [0, 0.05) is 12.1 Å². The minimum Gasteiger partial charge on any atom is -0.496 e. The van der Waals surface area contributed by atoms with E-state index in [0.29, 0.717) is 24.3 Å². The van der Waals surface area contributed by atoms with E-state index in [1.165, 1.54) is 4.90 Å². The molecule has 0 radical (unpaired) electrons. The van der Waals surface area contributed by atoms with E-state index in [1.807, 2.05) is 12.1 Å². The molecule has 2 aliphatic rings. The monoisotopic (exact) mass is 583 g/mol. The van der Waals surface area contributed by atoms with E-state index in [2.05, 4.69) is 33.8 Å². The van der Waals surface area contributed by atoms with Crippen LogP contribution in [0, 0.1) is 5.41 Å². The Morgan fingerprint density at radius 2 is 1.63 bits per heavy atom. The number of nitrogens with zero attached hydrogens (tertiary/aromatic N) is 1. The Bertz CT molecular complexity index is 1310. The van der Waals surface area contributed by atoms with Gasteiger partial charge in [0.1, 0.15) is 11.9 Å². The van der Waals surface area contributed by atoms with Crippen LogP contribution in [0.4, 0.5) is 31.1 Å². The average molecular weight is 584 g/mol. The van der Waals surface area contributed by atoms with Crippen LogP contribution in [0.3, 0.4) is 0 Å². The Kier molecular flexibility index (Phi) is 8.19. The second kappa shape index (κ2) is 10.9. The zero-order chi connectivity index (χ0) is 30.5. The largest absolute Gasteiger partial charge is 0.496 e. The lowest BCUT2D eigenvalue weighted by Gasteiger charge is -2.36. The highest BCUT2D eigenvalue weighted by Gasteiger charge is 2.44. The first-order valence-electron chi connectivity index (χ1n) is 13.6. The zero-order valence-electron chi connectivity index (χ0n) is 24.0. The molecule has 0 unspecified atom stereocenters. The number of hydrogen-bond donors (Lipinski definition) is 0. The fourth-order valence-electron chi connectivity index (χ4n) is 5.72. The third kappa shape index (κ3) is 6.51. The molecular formula is C31H35F6NO3. The number of carbonyl (C=O) groups excluding carboxylic acids is 1. The van der Waals surface area contributed by atoms with Crippen LogP contribution in [0.2, 0.25) is 0 Å². The Morgan fingerprint density at radius 1 is 1.02 bits per heavy atom. The number of cyclic esters (lactones) is 1. The number of hydrogen-bond acceptors (Lipinski definition) is 3. The second-order valence-corrected chi connectivity index (χ2v) is 12.0. The highest BCUT2D eigenvalue weighted by atomic mass is 19.4. The summed E-state index contributed by atoms with van der Waals surface area (Å²) in [4.78, 5) is 14.5. The van der Waals surface area contributed by atoms with Crippen molar-refractivity contribution in [3.05, 3.63) is 69.8 Å². The van der Waals surface area contributed by atoms with Gasteiger partial charge in [0.05, 0.1) is 24.3 Å². The SMILES string of the molecule is COc1ccc(C(C)C)cc1C1=C(CN2C(=O)O[C@H](c3cc(C(F)(F)F)cc(C(F)(F)F)c3)[C@@H]2C)CC(C)(C)CC1. The number of benzene rings is 2. The lowest BCUT2D eigenvalue weighted by atomic mass is 9.72. The standard InChI is InChI=1S/C31H35F6NO3/c1-17(2)19-7-8-26(40-6)25(13-19)24-9-10-29(4,5)15-21(24)16-38-18(3)27(41-28(38)39)20-11-22(30(32,33)34)14-23(12-20)31(35,36)37/h7-8,11-14,17-18,27H,9-10,15-16H2,1-6H3/t18-,27-/m0/s1. The molecule has 2 aromatic rings. The normalized spacial score (nSPS) is 21.5. The van der Waals surface area contributed by atoms with Gasteiger partial charge in [-0.05, 0) is 90.1 Å². The lowest BCUT2D eigenvalue weighted by molar-refractivity contribution is -0.143. The van der Waals surface area contributed by atoms with Crippen LogP contribution in [-0.4, -0.2) is 30.7 Å². The Morgan fingerprint density at radius 3 is 2.17 bits per heavy atom. The highest BCUT2D eigenvalue weighted by molar-refractivity contribution is 5.77. The smallest absolute Gasteiger partial charge is 0.416 e. The van der Waals surface area contributed by atoms with E-state index >= 15 is 0 Å². The van der Waals surface area contributed by atoms with Crippen molar-refractivity contribution in [3.8, 4) is 5.75 Å². The summed E-state index contributed by atoms with van der Waals surface area (Å²) in [6, 6.07) is 6.54. The molecule has 1 fully saturated rings. The molecule has 1 heterocycles. The van der Waals surface area contributed by atoms with E-state index in [0.717, 1.165) is 35.1 Å². The summed E-state index contributed by atoms with van der Waals surface area (Å²) in [6.07, 6.45) is -9.81. The Balaban J connectivity index is 1.74. The molecule has 1 amide bonds. The van der Waals surface area contributed by atoms with Gasteiger partial charge >= 0.3 is 18.4 Å². The van der Waals surface area contributed by atoms with Gasteiger partial charge in [-0.1, -0.05) is 33.8 Å². The van der Waals surface area contributed by atoms with Crippen LogP contribution in [0.25, 0.3) is 5.57 Å². The number of carbonyl (C=O) groups is 1. The minimum atomic E-state index is -5.00. The average Bonchev–Trinajstić information content (AvgIpc) is 3.15. The van der Waals surface area contributed by atoms with Crippen LogP contribution in [-0.2, 0) is 17.1 Å². The molecular weight excluding hydrogens is 548 g/mol. The van der Waals surface area contributed by atoms with Gasteiger partial charge in [-0.2, -0.15) is 26.3 Å². The first-order chi connectivity index (χ1) is 18.9. The maximum atomic E-state index is 13.5. The molecule has 0 saturated carbocycles. The maximum Gasteiger partial charge on any atom is 0.416 e. The van der Waals surface area contributed by atoms with Crippen LogP contribution < -0.4 is 4.74 Å². The summed E-state index contributed by atoms with van der Waals surface area (Å²) in [5.41, 5.74) is 0.734. The summed E-state index contributed by atoms with van der Waals surface area (Å²) in [6.45, 7) is 10.1. The van der Waals surface area contributed by atoms with Gasteiger partial charge in [-0.25, -0.2) is 4.79 Å². The number of allylic oxidation sites excluding steroid dienone is 1. The molecule has 4 nitrogen and oxygen atoms in total. The van der Waals surface area contributed by atoms with Crippen LogP contribution >= 0.6 is 0 Å². The molecule has 10 heteroatoms. The van der Waals surface area contributed by atoms with Crippen molar-refractivity contribution in [3.63, 3.8) is 0 Å². The quantitative estimate of drug-likeness (QED) is 0.318.